The van der Waals surface area contributed by atoms with Gasteiger partial charge in [0.1, 0.15) is 0 Å². The van der Waals surface area contributed by atoms with E-state index in [1.807, 2.05) is 0 Å². The zero-order valence-electron chi connectivity index (χ0n) is 9.32. The van der Waals surface area contributed by atoms with E-state index in [0.29, 0.717) is 5.92 Å². The summed E-state index contributed by atoms with van der Waals surface area (Å²) >= 11 is 1.73. The van der Waals surface area contributed by atoms with Gasteiger partial charge in [-0.25, -0.2) is 0 Å². The molecule has 1 aliphatic heterocycles. The molecule has 1 saturated heterocycles. The Kier molecular flexibility index (Phi) is 3.44. The third-order valence-corrected chi connectivity index (χ3v) is 4.41. The van der Waals surface area contributed by atoms with Crippen LogP contribution in [0.3, 0.4) is 0 Å². The molecule has 1 fully saturated rings. The minimum Gasteiger partial charge on any atom is -0.387 e. The molecular weight excluding hydrogens is 208 g/mol. The summed E-state index contributed by atoms with van der Waals surface area (Å²) in [4.78, 5) is 2.44. The van der Waals surface area contributed by atoms with Gasteiger partial charge < -0.3 is 9.84 Å². The van der Waals surface area contributed by atoms with Crippen LogP contribution in [0.15, 0.2) is 6.07 Å². The maximum Gasteiger partial charge on any atom is 0.0911 e. The maximum absolute atomic E-state index is 10.2. The molecule has 0 bridgehead atoms. The molecule has 0 amide bonds. The molecule has 1 unspecified atom stereocenters. The molecular formula is C12H18O2S. The molecule has 3 heteroatoms. The highest BCUT2D eigenvalue weighted by Gasteiger charge is 2.24. The molecule has 0 radical (unpaired) electrons. The molecule has 2 nitrogen and oxygen atoms in total. The Labute approximate surface area is 94.9 Å². The van der Waals surface area contributed by atoms with Crippen molar-refractivity contribution in [3.63, 3.8) is 0 Å². The molecule has 1 aromatic heterocycles. The molecule has 2 heterocycles. The summed E-state index contributed by atoms with van der Waals surface area (Å²) in [7, 11) is 0. The molecule has 84 valence electrons. The number of hydrogen-bond acceptors (Lipinski definition) is 3. The Hall–Kier alpha value is -0.380. The van der Waals surface area contributed by atoms with Gasteiger partial charge in [0.2, 0.25) is 0 Å². The van der Waals surface area contributed by atoms with Gasteiger partial charge in [-0.1, -0.05) is 0 Å². The van der Waals surface area contributed by atoms with Crippen molar-refractivity contribution < 1.29 is 9.84 Å². The summed E-state index contributed by atoms with van der Waals surface area (Å²) in [6.07, 6.45) is 1.68. The van der Waals surface area contributed by atoms with Crippen LogP contribution in [0.1, 0.15) is 34.3 Å². The third kappa shape index (κ3) is 2.41. The van der Waals surface area contributed by atoms with Crippen molar-refractivity contribution in [1.29, 1.82) is 0 Å². The van der Waals surface area contributed by atoms with E-state index in [4.69, 9.17) is 4.74 Å². The predicted octanol–water partition coefficient (Wildman–Crippen LogP) is 2.82. The van der Waals surface area contributed by atoms with Crippen LogP contribution >= 0.6 is 11.3 Å². The van der Waals surface area contributed by atoms with Gasteiger partial charge in [0.25, 0.3) is 0 Å². The van der Waals surface area contributed by atoms with E-state index >= 15 is 0 Å². The van der Waals surface area contributed by atoms with E-state index in [9.17, 15) is 5.11 Å². The zero-order valence-corrected chi connectivity index (χ0v) is 10.1. The first-order valence-electron chi connectivity index (χ1n) is 5.51. The smallest absolute Gasteiger partial charge is 0.0911 e. The van der Waals surface area contributed by atoms with Crippen LogP contribution in [-0.4, -0.2) is 18.3 Å². The van der Waals surface area contributed by atoms with Crippen molar-refractivity contribution in [3.05, 3.63) is 21.4 Å². The number of aliphatic hydroxyl groups excluding tert-OH is 1. The van der Waals surface area contributed by atoms with E-state index in [2.05, 4.69) is 19.9 Å². The Morgan fingerprint density at radius 1 is 1.40 bits per heavy atom. The predicted molar refractivity (Wildman–Crippen MR) is 62.3 cm³/mol. The largest absolute Gasteiger partial charge is 0.387 e. The van der Waals surface area contributed by atoms with Gasteiger partial charge in [0, 0.05) is 23.0 Å². The summed E-state index contributed by atoms with van der Waals surface area (Å²) in [5.74, 6) is 0.385. The molecule has 1 N–H and O–H groups in total. The zero-order chi connectivity index (χ0) is 10.8. The van der Waals surface area contributed by atoms with E-state index in [-0.39, 0.29) is 6.10 Å². The van der Waals surface area contributed by atoms with Crippen LogP contribution in [0.5, 0.6) is 0 Å². The van der Waals surface area contributed by atoms with Crippen molar-refractivity contribution in [2.24, 2.45) is 5.92 Å². The van der Waals surface area contributed by atoms with Crippen molar-refractivity contribution in [2.45, 2.75) is 32.8 Å². The highest BCUT2D eigenvalue weighted by atomic mass is 32.1. The number of rotatable bonds is 2. The topological polar surface area (TPSA) is 29.5 Å². The highest BCUT2D eigenvalue weighted by Crippen LogP contribution is 2.34. The summed E-state index contributed by atoms with van der Waals surface area (Å²) in [6.45, 7) is 5.81. The molecule has 1 aromatic rings. The van der Waals surface area contributed by atoms with Gasteiger partial charge in [0.15, 0.2) is 0 Å². The molecule has 0 aliphatic carbocycles. The quantitative estimate of drug-likeness (QED) is 0.840. The van der Waals surface area contributed by atoms with Crippen LogP contribution in [0.25, 0.3) is 0 Å². The first-order chi connectivity index (χ1) is 7.18. The lowest BCUT2D eigenvalue weighted by Gasteiger charge is -2.25. The Bertz CT molecular complexity index is 307. The number of ether oxygens (including phenoxy) is 1. The normalized spacial score (nSPS) is 20.5. The average Bonchev–Trinajstić information content (AvgIpc) is 2.59. The van der Waals surface area contributed by atoms with Gasteiger partial charge in [-0.15, -0.1) is 11.3 Å². The van der Waals surface area contributed by atoms with Crippen LogP contribution < -0.4 is 0 Å². The van der Waals surface area contributed by atoms with Crippen molar-refractivity contribution in [1.82, 2.24) is 0 Å². The first-order valence-corrected chi connectivity index (χ1v) is 6.33. The Balaban J connectivity index is 2.08. The van der Waals surface area contributed by atoms with Gasteiger partial charge in [-0.05, 0) is 44.2 Å². The Morgan fingerprint density at radius 3 is 2.60 bits per heavy atom. The summed E-state index contributed by atoms with van der Waals surface area (Å²) in [6, 6.07) is 2.13. The molecule has 0 aromatic carbocycles. The van der Waals surface area contributed by atoms with Crippen LogP contribution in [-0.2, 0) is 4.74 Å². The minimum atomic E-state index is -0.286. The van der Waals surface area contributed by atoms with Gasteiger partial charge in [-0.3, -0.25) is 0 Å². The maximum atomic E-state index is 10.2. The molecule has 0 saturated carbocycles. The lowest BCUT2D eigenvalue weighted by molar-refractivity contribution is 0.00852. The third-order valence-electron chi connectivity index (χ3n) is 3.19. The molecule has 1 atom stereocenters. The van der Waals surface area contributed by atoms with Crippen LogP contribution in [0.4, 0.5) is 0 Å². The van der Waals surface area contributed by atoms with E-state index in [0.717, 1.165) is 30.9 Å². The second-order valence-corrected chi connectivity index (χ2v) is 5.57. The Morgan fingerprint density at radius 2 is 2.07 bits per heavy atom. The van der Waals surface area contributed by atoms with Gasteiger partial charge in [-0.2, -0.15) is 0 Å². The highest BCUT2D eigenvalue weighted by molar-refractivity contribution is 7.12. The summed E-state index contributed by atoms with van der Waals surface area (Å²) in [5.41, 5.74) is 1.29. The fourth-order valence-corrected chi connectivity index (χ4v) is 3.13. The number of aliphatic hydroxyl groups is 1. The first kappa shape index (κ1) is 11.1. The van der Waals surface area contributed by atoms with Gasteiger partial charge >= 0.3 is 0 Å². The lowest BCUT2D eigenvalue weighted by atomic mass is 9.93. The van der Waals surface area contributed by atoms with E-state index < -0.39 is 0 Å². The molecule has 2 rings (SSSR count). The second-order valence-electron chi connectivity index (χ2n) is 4.28. The summed E-state index contributed by atoms with van der Waals surface area (Å²) in [5, 5.41) is 10.2. The number of aryl methyl sites for hydroxylation is 2. The fourth-order valence-electron chi connectivity index (χ4n) is 2.01. The standard InChI is InChI=1S/C12H18O2S/c1-8-7-11(15-9(8)2)12(13)10-3-5-14-6-4-10/h7,10,12-13H,3-6H2,1-2H3. The fraction of sp³-hybridized carbons (Fsp3) is 0.667. The molecule has 15 heavy (non-hydrogen) atoms. The van der Waals surface area contributed by atoms with Crippen molar-refractivity contribution >= 4 is 11.3 Å². The van der Waals surface area contributed by atoms with E-state index in [1.54, 1.807) is 11.3 Å². The summed E-state index contributed by atoms with van der Waals surface area (Å²) < 4.78 is 5.31. The second kappa shape index (κ2) is 4.64. The average molecular weight is 226 g/mol. The van der Waals surface area contributed by atoms with Crippen molar-refractivity contribution in [2.75, 3.05) is 13.2 Å². The monoisotopic (exact) mass is 226 g/mol. The number of hydrogen-bond donors (Lipinski definition) is 1. The molecule has 0 spiro atoms. The van der Waals surface area contributed by atoms with E-state index in [1.165, 1.54) is 10.4 Å². The van der Waals surface area contributed by atoms with Gasteiger partial charge in [0.05, 0.1) is 6.10 Å². The van der Waals surface area contributed by atoms with Crippen molar-refractivity contribution in [3.8, 4) is 0 Å². The van der Waals surface area contributed by atoms with Crippen LogP contribution in [0.2, 0.25) is 0 Å². The SMILES string of the molecule is Cc1cc(C(O)C2CCOCC2)sc1C. The molecule has 1 aliphatic rings. The van der Waals surface area contributed by atoms with Crippen LogP contribution in [0, 0.1) is 19.8 Å². The minimum absolute atomic E-state index is 0.286. The lowest BCUT2D eigenvalue weighted by Crippen LogP contribution is -2.21. The number of thiophene rings is 1.